The van der Waals surface area contributed by atoms with E-state index in [1.807, 2.05) is 13.2 Å². The van der Waals surface area contributed by atoms with Gasteiger partial charge in [-0.15, -0.1) is 0 Å². The molecule has 1 heterocycles. The van der Waals surface area contributed by atoms with Gasteiger partial charge in [0.2, 0.25) is 15.9 Å². The molecule has 130 valence electrons. The van der Waals surface area contributed by atoms with E-state index in [9.17, 15) is 13.2 Å². The summed E-state index contributed by atoms with van der Waals surface area (Å²) >= 11 is 0. The monoisotopic (exact) mass is 350 g/mol. The number of carbonyl (C=O) groups is 1. The van der Waals surface area contributed by atoms with Crippen molar-refractivity contribution >= 4 is 15.9 Å². The van der Waals surface area contributed by atoms with Crippen molar-refractivity contribution in [2.24, 2.45) is 7.05 Å². The number of aromatic nitrogens is 2. The lowest BCUT2D eigenvalue weighted by atomic mass is 10.1. The van der Waals surface area contributed by atoms with Crippen LogP contribution in [0.5, 0.6) is 0 Å². The van der Waals surface area contributed by atoms with E-state index >= 15 is 0 Å². The molecule has 0 aliphatic rings. The number of sulfonamides is 1. The Morgan fingerprint density at radius 1 is 1.25 bits per heavy atom. The molecule has 1 aromatic carbocycles. The lowest BCUT2D eigenvalue weighted by Gasteiger charge is -2.16. The molecule has 0 saturated carbocycles. The Balaban J connectivity index is 1.89. The predicted octanol–water partition coefficient (Wildman–Crippen LogP) is 0.919. The average molecular weight is 350 g/mol. The fourth-order valence-corrected chi connectivity index (χ4v) is 3.04. The van der Waals surface area contributed by atoms with Crippen molar-refractivity contribution in [3.63, 3.8) is 0 Å². The topological polar surface area (TPSA) is 84.3 Å². The van der Waals surface area contributed by atoms with Crippen LogP contribution in [0.1, 0.15) is 17.5 Å². The number of nitrogens with zero attached hydrogens (tertiary/aromatic N) is 3. The highest BCUT2D eigenvalue weighted by Gasteiger charge is 2.12. The summed E-state index contributed by atoms with van der Waals surface area (Å²) in [5, 5.41) is 4.08. The summed E-state index contributed by atoms with van der Waals surface area (Å²) < 4.78 is 27.3. The van der Waals surface area contributed by atoms with Crippen molar-refractivity contribution in [1.29, 1.82) is 0 Å². The first-order valence-electron chi connectivity index (χ1n) is 7.56. The number of benzene rings is 1. The van der Waals surface area contributed by atoms with Gasteiger partial charge in [-0.1, -0.05) is 12.1 Å². The molecule has 0 saturated heterocycles. The Kier molecular flexibility index (Phi) is 5.74. The zero-order valence-corrected chi connectivity index (χ0v) is 14.9. The van der Waals surface area contributed by atoms with Gasteiger partial charge < -0.3 is 4.90 Å². The van der Waals surface area contributed by atoms with Crippen molar-refractivity contribution in [3.8, 4) is 0 Å². The molecule has 0 aliphatic carbocycles. The van der Waals surface area contributed by atoms with E-state index in [1.54, 1.807) is 47.1 Å². The second-order valence-corrected chi connectivity index (χ2v) is 7.51. The average Bonchev–Trinajstić information content (AvgIpc) is 2.97. The molecule has 0 spiro atoms. The first-order valence-corrected chi connectivity index (χ1v) is 9.04. The highest BCUT2D eigenvalue weighted by Crippen LogP contribution is 2.12. The summed E-state index contributed by atoms with van der Waals surface area (Å²) in [5.74, 6) is 0.0331. The largest absolute Gasteiger partial charge is 0.341 e. The van der Waals surface area contributed by atoms with Gasteiger partial charge in [0.15, 0.2) is 0 Å². The van der Waals surface area contributed by atoms with Gasteiger partial charge in [-0.05, 0) is 31.2 Å². The van der Waals surface area contributed by atoms with E-state index in [0.717, 1.165) is 11.1 Å². The van der Waals surface area contributed by atoms with E-state index in [-0.39, 0.29) is 10.8 Å². The molecule has 1 N–H and O–H groups in total. The van der Waals surface area contributed by atoms with Crippen LogP contribution in [0.25, 0.3) is 0 Å². The molecule has 24 heavy (non-hydrogen) atoms. The van der Waals surface area contributed by atoms with E-state index < -0.39 is 10.0 Å². The maximum atomic E-state index is 12.2. The Hall–Kier alpha value is -2.19. The van der Waals surface area contributed by atoms with Gasteiger partial charge in [0.25, 0.3) is 0 Å². The van der Waals surface area contributed by atoms with Crippen LogP contribution in [0.3, 0.4) is 0 Å². The Morgan fingerprint density at radius 3 is 2.46 bits per heavy atom. The number of aryl methyl sites for hydroxylation is 2. The Bertz CT molecular complexity index is 797. The maximum Gasteiger partial charge on any atom is 0.240 e. The minimum Gasteiger partial charge on any atom is -0.341 e. The van der Waals surface area contributed by atoms with Crippen LogP contribution in [0.4, 0.5) is 0 Å². The standard InChI is InChI=1S/C16H22N4O3S/c1-17-24(22,23)15-7-4-13(5-8-15)6-9-16(21)19(2)11-14-10-18-20(3)12-14/h4-5,7-8,10,12,17H,6,9,11H2,1-3H3. The number of hydrogen-bond acceptors (Lipinski definition) is 4. The first kappa shape index (κ1) is 18.2. The molecule has 7 nitrogen and oxygen atoms in total. The van der Waals surface area contributed by atoms with Crippen LogP contribution in [-0.4, -0.2) is 43.1 Å². The number of nitrogens with one attached hydrogen (secondary N) is 1. The third-order valence-corrected chi connectivity index (χ3v) is 5.16. The van der Waals surface area contributed by atoms with Crippen molar-refractivity contribution in [2.45, 2.75) is 24.3 Å². The molecule has 2 rings (SSSR count). The Morgan fingerprint density at radius 2 is 1.92 bits per heavy atom. The van der Waals surface area contributed by atoms with Gasteiger partial charge in [-0.3, -0.25) is 9.48 Å². The molecule has 8 heteroatoms. The second-order valence-electron chi connectivity index (χ2n) is 5.62. The zero-order valence-electron chi connectivity index (χ0n) is 14.1. The highest BCUT2D eigenvalue weighted by molar-refractivity contribution is 7.89. The molecule has 0 fully saturated rings. The van der Waals surface area contributed by atoms with Crippen LogP contribution in [0, 0.1) is 0 Å². The van der Waals surface area contributed by atoms with Crippen molar-refractivity contribution in [3.05, 3.63) is 47.8 Å². The number of amides is 1. The van der Waals surface area contributed by atoms with Gasteiger partial charge in [0.1, 0.15) is 0 Å². The van der Waals surface area contributed by atoms with Gasteiger partial charge in [-0.2, -0.15) is 5.10 Å². The predicted molar refractivity (Wildman–Crippen MR) is 90.7 cm³/mol. The lowest BCUT2D eigenvalue weighted by molar-refractivity contribution is -0.130. The number of hydrogen-bond donors (Lipinski definition) is 1. The molecular weight excluding hydrogens is 328 g/mol. The van der Waals surface area contributed by atoms with Gasteiger partial charge >= 0.3 is 0 Å². The maximum absolute atomic E-state index is 12.2. The molecule has 0 bridgehead atoms. The Labute approximate surface area is 142 Å². The third-order valence-electron chi connectivity index (χ3n) is 3.73. The quantitative estimate of drug-likeness (QED) is 0.805. The molecule has 0 unspecified atom stereocenters. The van der Waals surface area contributed by atoms with Crippen LogP contribution in [-0.2, 0) is 34.8 Å². The van der Waals surface area contributed by atoms with Crippen LogP contribution >= 0.6 is 0 Å². The van der Waals surface area contributed by atoms with Crippen LogP contribution in [0.2, 0.25) is 0 Å². The first-order chi connectivity index (χ1) is 11.3. The molecule has 2 aromatic rings. The smallest absolute Gasteiger partial charge is 0.240 e. The third kappa shape index (κ3) is 4.65. The summed E-state index contributed by atoms with van der Waals surface area (Å²) in [4.78, 5) is 14.1. The van der Waals surface area contributed by atoms with Gasteiger partial charge in [0, 0.05) is 38.8 Å². The lowest BCUT2D eigenvalue weighted by Crippen LogP contribution is -2.26. The van der Waals surface area contributed by atoms with Gasteiger partial charge in [0.05, 0.1) is 11.1 Å². The van der Waals surface area contributed by atoms with E-state index in [1.165, 1.54) is 7.05 Å². The van der Waals surface area contributed by atoms with Gasteiger partial charge in [-0.25, -0.2) is 13.1 Å². The number of carbonyl (C=O) groups excluding carboxylic acids is 1. The molecule has 0 atom stereocenters. The molecule has 0 radical (unpaired) electrons. The van der Waals surface area contributed by atoms with Crippen LogP contribution in [0.15, 0.2) is 41.6 Å². The van der Waals surface area contributed by atoms with E-state index in [2.05, 4.69) is 9.82 Å². The summed E-state index contributed by atoms with van der Waals surface area (Å²) in [6.07, 6.45) is 4.56. The van der Waals surface area contributed by atoms with E-state index in [0.29, 0.717) is 19.4 Å². The van der Waals surface area contributed by atoms with Crippen LogP contribution < -0.4 is 4.72 Å². The van der Waals surface area contributed by atoms with Crippen molar-refractivity contribution in [2.75, 3.05) is 14.1 Å². The minimum absolute atomic E-state index is 0.0331. The fourth-order valence-electron chi connectivity index (χ4n) is 2.31. The minimum atomic E-state index is -3.43. The summed E-state index contributed by atoms with van der Waals surface area (Å²) in [6.45, 7) is 0.520. The van der Waals surface area contributed by atoms with Crippen molar-refractivity contribution in [1.82, 2.24) is 19.4 Å². The summed E-state index contributed by atoms with van der Waals surface area (Å²) in [7, 11) is 1.55. The van der Waals surface area contributed by atoms with Crippen molar-refractivity contribution < 1.29 is 13.2 Å². The summed E-state index contributed by atoms with van der Waals surface area (Å²) in [6, 6.07) is 6.56. The fraction of sp³-hybridized carbons (Fsp3) is 0.375. The number of rotatable bonds is 7. The molecule has 0 aliphatic heterocycles. The second kappa shape index (κ2) is 7.59. The SMILES string of the molecule is CNS(=O)(=O)c1ccc(CCC(=O)N(C)Cc2cnn(C)c2)cc1. The molecule has 1 amide bonds. The molecule has 1 aromatic heterocycles. The van der Waals surface area contributed by atoms with E-state index in [4.69, 9.17) is 0 Å². The normalized spacial score (nSPS) is 11.5. The molecular formula is C16H22N4O3S. The summed E-state index contributed by atoms with van der Waals surface area (Å²) in [5.41, 5.74) is 1.91. The highest BCUT2D eigenvalue weighted by atomic mass is 32.2. The zero-order chi connectivity index (χ0) is 17.7.